The van der Waals surface area contributed by atoms with Gasteiger partial charge >= 0.3 is 12.1 Å². The van der Waals surface area contributed by atoms with Gasteiger partial charge < -0.3 is 9.47 Å². The molecule has 0 radical (unpaired) electrons. The highest BCUT2D eigenvalue weighted by Gasteiger charge is 2.29. The number of amides is 1. The van der Waals surface area contributed by atoms with Gasteiger partial charge in [0.1, 0.15) is 5.60 Å². The summed E-state index contributed by atoms with van der Waals surface area (Å²) in [5, 5.41) is 2.15. The van der Waals surface area contributed by atoms with Gasteiger partial charge in [-0.2, -0.15) is 0 Å². The first-order valence-electron chi connectivity index (χ1n) is 5.75. The lowest BCUT2D eigenvalue weighted by Crippen LogP contribution is -2.27. The van der Waals surface area contributed by atoms with Crippen molar-refractivity contribution in [3.63, 3.8) is 0 Å². The lowest BCUT2D eigenvalue weighted by atomic mass is 10.1. The number of nitrogens with one attached hydrogen (secondary N) is 1. The molecule has 0 aliphatic carbocycles. The molecule has 1 aliphatic heterocycles. The van der Waals surface area contributed by atoms with Crippen LogP contribution < -0.4 is 5.32 Å². The maximum atomic E-state index is 11.6. The van der Waals surface area contributed by atoms with Gasteiger partial charge in [0, 0.05) is 11.3 Å². The maximum absolute atomic E-state index is 11.6. The number of hydrogen-bond donors (Lipinski definition) is 1. The van der Waals surface area contributed by atoms with Crippen molar-refractivity contribution in [3.05, 3.63) is 29.3 Å². The molecule has 1 unspecified atom stereocenters. The molecule has 0 saturated carbocycles. The van der Waals surface area contributed by atoms with Crippen molar-refractivity contribution in [3.8, 4) is 0 Å². The van der Waals surface area contributed by atoms with Crippen LogP contribution in [-0.4, -0.2) is 17.7 Å². The minimum Gasteiger partial charge on any atom is -0.444 e. The van der Waals surface area contributed by atoms with Crippen molar-refractivity contribution in [1.82, 2.24) is 0 Å². The molecule has 1 atom stereocenters. The number of cyclic esters (lactones) is 1. The number of rotatable bonds is 1. The molecule has 0 bridgehead atoms. The Labute approximate surface area is 119 Å². The van der Waals surface area contributed by atoms with E-state index in [1.807, 2.05) is 0 Å². The van der Waals surface area contributed by atoms with E-state index in [4.69, 9.17) is 9.47 Å². The van der Waals surface area contributed by atoms with Crippen LogP contribution in [0.5, 0.6) is 0 Å². The number of benzene rings is 1. The number of carbonyl (C=O) groups is 2. The van der Waals surface area contributed by atoms with Crippen LogP contribution >= 0.6 is 15.9 Å². The molecule has 0 aromatic heterocycles. The van der Waals surface area contributed by atoms with Crippen LogP contribution in [0.1, 0.15) is 41.7 Å². The Bertz CT molecular complexity index is 536. The van der Waals surface area contributed by atoms with Crippen molar-refractivity contribution in [2.24, 2.45) is 0 Å². The fraction of sp³-hybridized carbons (Fsp3) is 0.385. The highest BCUT2D eigenvalue weighted by atomic mass is 79.9. The van der Waals surface area contributed by atoms with Gasteiger partial charge in [-0.3, -0.25) is 5.32 Å². The standard InChI is InChI=1S/C13H14BrNO4/c1-13(2,3)19-12(17)15-7-4-5-8-9(6-7)11(16)18-10(8)14/h4-6,10H,1-3H3,(H,15,17). The Kier molecular flexibility index (Phi) is 3.54. The molecule has 0 spiro atoms. The Morgan fingerprint density at radius 3 is 2.74 bits per heavy atom. The van der Waals surface area contributed by atoms with Crippen molar-refractivity contribution in [2.75, 3.05) is 5.32 Å². The van der Waals surface area contributed by atoms with Crippen molar-refractivity contribution < 1.29 is 19.1 Å². The second-order valence-electron chi connectivity index (χ2n) is 5.15. The molecular weight excluding hydrogens is 314 g/mol. The third kappa shape index (κ3) is 3.26. The molecule has 1 aromatic rings. The van der Waals surface area contributed by atoms with Crippen LogP contribution in [0.3, 0.4) is 0 Å². The molecule has 0 saturated heterocycles. The molecule has 1 N–H and O–H groups in total. The van der Waals surface area contributed by atoms with E-state index in [0.29, 0.717) is 11.3 Å². The largest absolute Gasteiger partial charge is 0.444 e. The maximum Gasteiger partial charge on any atom is 0.412 e. The number of fused-ring (bicyclic) bond motifs is 1. The van der Waals surface area contributed by atoms with Gasteiger partial charge in [0.15, 0.2) is 5.01 Å². The first kappa shape index (κ1) is 13.9. The number of esters is 1. The van der Waals surface area contributed by atoms with Crippen molar-refractivity contribution in [1.29, 1.82) is 0 Å². The summed E-state index contributed by atoms with van der Waals surface area (Å²) in [6.07, 6.45) is -0.561. The molecule has 0 fully saturated rings. The lowest BCUT2D eigenvalue weighted by Gasteiger charge is -2.19. The quantitative estimate of drug-likeness (QED) is 0.632. The Hall–Kier alpha value is -1.56. The molecule has 1 aromatic carbocycles. The fourth-order valence-corrected chi connectivity index (χ4v) is 2.22. The summed E-state index contributed by atoms with van der Waals surface area (Å²) < 4.78 is 10.1. The molecular formula is C13H14BrNO4. The minimum absolute atomic E-state index is 0.412. The second kappa shape index (κ2) is 4.85. The summed E-state index contributed by atoms with van der Waals surface area (Å²) in [4.78, 5) is 23.2. The van der Waals surface area contributed by atoms with E-state index in [1.165, 1.54) is 0 Å². The Balaban J connectivity index is 2.14. The van der Waals surface area contributed by atoms with Crippen LogP contribution in [0.2, 0.25) is 0 Å². The summed E-state index contributed by atoms with van der Waals surface area (Å²) in [6.45, 7) is 5.34. The summed E-state index contributed by atoms with van der Waals surface area (Å²) in [6, 6.07) is 4.99. The summed E-state index contributed by atoms with van der Waals surface area (Å²) in [5.41, 5.74) is 1.11. The topological polar surface area (TPSA) is 64.6 Å². The summed E-state index contributed by atoms with van der Waals surface area (Å²) >= 11 is 3.24. The van der Waals surface area contributed by atoms with Crippen LogP contribution in [0.15, 0.2) is 18.2 Å². The number of halogens is 1. The van der Waals surface area contributed by atoms with Crippen LogP contribution in [-0.2, 0) is 9.47 Å². The number of ether oxygens (including phenoxy) is 2. The fourth-order valence-electron chi connectivity index (χ4n) is 1.65. The predicted molar refractivity (Wildman–Crippen MR) is 73.4 cm³/mol. The molecule has 5 nitrogen and oxygen atoms in total. The third-order valence-electron chi connectivity index (χ3n) is 2.37. The van der Waals surface area contributed by atoms with Gasteiger partial charge in [-0.25, -0.2) is 9.59 Å². The lowest BCUT2D eigenvalue weighted by molar-refractivity contribution is 0.0529. The molecule has 102 valence electrons. The van der Waals surface area contributed by atoms with Crippen LogP contribution in [0, 0.1) is 0 Å². The monoisotopic (exact) mass is 327 g/mol. The van der Waals surface area contributed by atoms with Gasteiger partial charge in [-0.1, -0.05) is 6.07 Å². The second-order valence-corrected chi connectivity index (χ2v) is 5.98. The zero-order chi connectivity index (χ0) is 14.2. The zero-order valence-electron chi connectivity index (χ0n) is 10.8. The minimum atomic E-state index is -0.569. The van der Waals surface area contributed by atoms with Crippen molar-refractivity contribution in [2.45, 2.75) is 31.4 Å². The first-order chi connectivity index (χ1) is 8.76. The molecule has 19 heavy (non-hydrogen) atoms. The van der Waals surface area contributed by atoms with E-state index >= 15 is 0 Å². The van der Waals surface area contributed by atoms with Gasteiger partial charge in [-0.05, 0) is 48.8 Å². The Morgan fingerprint density at radius 1 is 1.42 bits per heavy atom. The summed E-state index contributed by atoms with van der Waals surface area (Å²) in [5.74, 6) is -0.412. The Morgan fingerprint density at radius 2 is 2.11 bits per heavy atom. The highest BCUT2D eigenvalue weighted by Crippen LogP contribution is 2.36. The van der Waals surface area contributed by atoms with E-state index in [0.717, 1.165) is 5.56 Å². The predicted octanol–water partition coefficient (Wildman–Crippen LogP) is 3.60. The number of anilines is 1. The normalized spacial score (nSPS) is 17.7. The van der Waals surface area contributed by atoms with E-state index < -0.39 is 22.7 Å². The average molecular weight is 328 g/mol. The first-order valence-corrected chi connectivity index (χ1v) is 6.67. The number of alkyl halides is 1. The number of hydrogen-bond acceptors (Lipinski definition) is 4. The molecule has 6 heteroatoms. The highest BCUT2D eigenvalue weighted by molar-refractivity contribution is 9.09. The van der Waals surface area contributed by atoms with E-state index in [1.54, 1.807) is 39.0 Å². The average Bonchev–Trinajstić information content (AvgIpc) is 2.51. The van der Waals surface area contributed by atoms with Crippen molar-refractivity contribution >= 4 is 33.7 Å². The van der Waals surface area contributed by atoms with E-state index in [-0.39, 0.29) is 0 Å². The van der Waals surface area contributed by atoms with Crippen LogP contribution in [0.25, 0.3) is 0 Å². The van der Waals surface area contributed by atoms with Gasteiger partial charge in [0.2, 0.25) is 0 Å². The van der Waals surface area contributed by atoms with Gasteiger partial charge in [0.05, 0.1) is 5.56 Å². The molecule has 1 aliphatic rings. The summed E-state index contributed by atoms with van der Waals surface area (Å²) in [7, 11) is 0. The van der Waals surface area contributed by atoms with E-state index in [9.17, 15) is 9.59 Å². The van der Waals surface area contributed by atoms with Gasteiger partial charge in [-0.15, -0.1) is 0 Å². The SMILES string of the molecule is CC(C)(C)OC(=O)Nc1ccc2c(c1)C(=O)OC2Br. The smallest absolute Gasteiger partial charge is 0.412 e. The number of carbonyl (C=O) groups excluding carboxylic acids is 2. The van der Waals surface area contributed by atoms with Crippen LogP contribution in [0.4, 0.5) is 10.5 Å². The third-order valence-corrected chi connectivity index (χ3v) is 3.05. The van der Waals surface area contributed by atoms with Gasteiger partial charge in [0.25, 0.3) is 0 Å². The molecule has 1 heterocycles. The zero-order valence-corrected chi connectivity index (χ0v) is 12.4. The van der Waals surface area contributed by atoms with E-state index in [2.05, 4.69) is 21.2 Å². The molecule has 2 rings (SSSR count). The molecule has 1 amide bonds.